The monoisotopic (exact) mass is 831 g/mol. The number of anilines is 4. The van der Waals surface area contributed by atoms with Gasteiger partial charge in [-0.3, -0.25) is 9.55 Å². The highest BCUT2D eigenvalue weighted by Crippen LogP contribution is 2.50. The average molecular weight is 832 g/mol. The number of para-hydroxylation sites is 3. The molecule has 6 aromatic carbocycles. The molecule has 9 aromatic rings. The molecule has 0 saturated heterocycles. The number of halogens is 2. The van der Waals surface area contributed by atoms with Crippen LogP contribution in [-0.4, -0.2) is 21.2 Å². The second-order valence-electron chi connectivity index (χ2n) is 17.1. The van der Waals surface area contributed by atoms with Crippen LogP contribution in [0.5, 0.6) is 11.5 Å². The summed E-state index contributed by atoms with van der Waals surface area (Å²) in [5.41, 5.74) is 14.1. The van der Waals surface area contributed by atoms with Gasteiger partial charge in [0.05, 0.1) is 22.4 Å². The SMILES string of the molecule is Cc1cncc(C)c1-c1cc(Oc2ccc3c4ccccc4n(-c4ccccn4)c3c2)cc(N2CN(c3c(C(C)C)cc(-c4cc(F)cc(F)c4)cc3C(C)C)c3ccccc32)c1. The molecule has 0 fully saturated rings. The van der Waals surface area contributed by atoms with Gasteiger partial charge in [-0.25, -0.2) is 13.8 Å². The fourth-order valence-electron chi connectivity index (χ4n) is 9.37. The van der Waals surface area contributed by atoms with Crippen LogP contribution >= 0.6 is 0 Å². The van der Waals surface area contributed by atoms with Gasteiger partial charge in [0.1, 0.15) is 35.6 Å². The van der Waals surface area contributed by atoms with E-state index in [9.17, 15) is 8.78 Å². The maximum absolute atomic E-state index is 14.6. The summed E-state index contributed by atoms with van der Waals surface area (Å²) in [5.74, 6) is 1.30. The highest BCUT2D eigenvalue weighted by Gasteiger charge is 2.33. The predicted molar refractivity (Wildman–Crippen MR) is 253 cm³/mol. The lowest BCUT2D eigenvalue weighted by Gasteiger charge is -2.30. The largest absolute Gasteiger partial charge is 0.457 e. The number of pyridine rings is 2. The van der Waals surface area contributed by atoms with Crippen molar-refractivity contribution in [2.24, 2.45) is 0 Å². The van der Waals surface area contributed by atoms with Gasteiger partial charge >= 0.3 is 0 Å². The van der Waals surface area contributed by atoms with Crippen LogP contribution in [0.1, 0.15) is 61.8 Å². The van der Waals surface area contributed by atoms with E-state index in [0.29, 0.717) is 23.7 Å². The summed E-state index contributed by atoms with van der Waals surface area (Å²) in [6.45, 7) is 13.4. The zero-order valence-corrected chi connectivity index (χ0v) is 36.2. The van der Waals surface area contributed by atoms with Gasteiger partial charge in [-0.15, -0.1) is 0 Å². The van der Waals surface area contributed by atoms with Crippen molar-refractivity contribution in [3.05, 3.63) is 186 Å². The minimum Gasteiger partial charge on any atom is -0.457 e. The topological polar surface area (TPSA) is 46.4 Å². The Bertz CT molecular complexity index is 3140. The van der Waals surface area contributed by atoms with Crippen molar-refractivity contribution in [1.82, 2.24) is 14.5 Å². The molecule has 0 saturated carbocycles. The van der Waals surface area contributed by atoms with Gasteiger partial charge in [0.25, 0.3) is 0 Å². The normalized spacial score (nSPS) is 12.6. The summed E-state index contributed by atoms with van der Waals surface area (Å²) in [4.78, 5) is 14.0. The summed E-state index contributed by atoms with van der Waals surface area (Å²) in [6, 6.07) is 43.6. The Morgan fingerprint density at radius 2 is 1.21 bits per heavy atom. The molecule has 0 radical (unpaired) electrons. The second-order valence-corrected chi connectivity index (χ2v) is 17.1. The molecule has 3 aromatic heterocycles. The third-order valence-corrected chi connectivity index (χ3v) is 12.2. The number of rotatable bonds is 9. The molecule has 0 amide bonds. The first-order chi connectivity index (χ1) is 30.5. The molecule has 6 nitrogen and oxygen atoms in total. The second kappa shape index (κ2) is 15.9. The number of aromatic nitrogens is 3. The standard InChI is InChI=1S/C55H47F2N5O/c1-33(2)47-25-38(37-21-40(56)27-41(57)22-37)26-48(34(3)4)55(47)61-32-60(50-15-9-10-16-51(50)61)42-23-39(54-35(5)30-58-31-36(54)6)24-44(28-42)63-43-18-19-46-45-13-7-8-14-49(45)62(52(46)29-43)53-17-11-12-20-59-53/h7-31,33-34H,32H2,1-6H3. The molecular weight excluding hydrogens is 785 g/mol. The van der Waals surface area contributed by atoms with Gasteiger partial charge in [-0.2, -0.15) is 0 Å². The van der Waals surface area contributed by atoms with Crippen molar-refractivity contribution >= 4 is 44.6 Å². The molecule has 4 heterocycles. The zero-order chi connectivity index (χ0) is 43.5. The molecule has 0 atom stereocenters. The van der Waals surface area contributed by atoms with E-state index in [1.165, 1.54) is 12.1 Å². The van der Waals surface area contributed by atoms with Gasteiger partial charge in [0, 0.05) is 58.9 Å². The Morgan fingerprint density at radius 3 is 1.89 bits per heavy atom. The molecule has 0 N–H and O–H groups in total. The van der Waals surface area contributed by atoms with Gasteiger partial charge in [0.15, 0.2) is 0 Å². The molecule has 0 bridgehead atoms. The maximum Gasteiger partial charge on any atom is 0.137 e. The third-order valence-electron chi connectivity index (χ3n) is 12.2. The highest BCUT2D eigenvalue weighted by atomic mass is 19.1. The molecule has 10 rings (SSSR count). The van der Waals surface area contributed by atoms with Crippen LogP contribution in [0.3, 0.4) is 0 Å². The van der Waals surface area contributed by atoms with Crippen LogP contribution in [0, 0.1) is 25.5 Å². The molecule has 0 aliphatic carbocycles. The van der Waals surface area contributed by atoms with Crippen LogP contribution in [0.4, 0.5) is 31.5 Å². The Hall–Kier alpha value is -7.32. The van der Waals surface area contributed by atoms with E-state index in [1.54, 1.807) is 0 Å². The molecular formula is C55H47F2N5O. The zero-order valence-electron chi connectivity index (χ0n) is 36.2. The van der Waals surface area contributed by atoms with Crippen molar-refractivity contribution in [2.75, 3.05) is 16.5 Å². The Kier molecular flexibility index (Phi) is 10.0. The number of hydrogen-bond donors (Lipinski definition) is 0. The van der Waals surface area contributed by atoms with Crippen molar-refractivity contribution in [2.45, 2.75) is 53.4 Å². The summed E-state index contributed by atoms with van der Waals surface area (Å²) in [5, 5.41) is 2.26. The minimum atomic E-state index is -0.591. The van der Waals surface area contributed by atoms with Crippen molar-refractivity contribution in [3.8, 4) is 39.6 Å². The molecule has 0 spiro atoms. The molecule has 0 unspecified atom stereocenters. The third kappa shape index (κ3) is 7.15. The Morgan fingerprint density at radius 1 is 0.571 bits per heavy atom. The summed E-state index contributed by atoms with van der Waals surface area (Å²) in [7, 11) is 0. The predicted octanol–water partition coefficient (Wildman–Crippen LogP) is 15.1. The number of benzene rings is 6. The van der Waals surface area contributed by atoms with E-state index in [-0.39, 0.29) is 11.8 Å². The quantitative estimate of drug-likeness (QED) is 0.145. The first kappa shape index (κ1) is 39.8. The van der Waals surface area contributed by atoms with Crippen LogP contribution < -0.4 is 14.5 Å². The van der Waals surface area contributed by atoms with Gasteiger partial charge in [0.2, 0.25) is 0 Å². The first-order valence-electron chi connectivity index (χ1n) is 21.5. The van der Waals surface area contributed by atoms with Crippen LogP contribution in [0.15, 0.2) is 152 Å². The average Bonchev–Trinajstić information content (AvgIpc) is 3.82. The van der Waals surface area contributed by atoms with E-state index in [1.807, 2.05) is 42.9 Å². The van der Waals surface area contributed by atoms with Gasteiger partial charge < -0.3 is 14.5 Å². The van der Waals surface area contributed by atoms with Gasteiger partial charge in [-0.05, 0) is 149 Å². The van der Waals surface area contributed by atoms with Crippen LogP contribution in [0.25, 0.3) is 49.9 Å². The first-order valence-corrected chi connectivity index (χ1v) is 21.5. The maximum atomic E-state index is 14.6. The highest BCUT2D eigenvalue weighted by molar-refractivity contribution is 6.09. The molecule has 312 valence electrons. The smallest absolute Gasteiger partial charge is 0.137 e. The number of fused-ring (bicyclic) bond motifs is 4. The van der Waals surface area contributed by atoms with Crippen molar-refractivity contribution < 1.29 is 13.5 Å². The van der Waals surface area contributed by atoms with Crippen molar-refractivity contribution in [3.63, 3.8) is 0 Å². The summed E-state index contributed by atoms with van der Waals surface area (Å²) in [6.07, 6.45) is 5.65. The Balaban J connectivity index is 1.11. The molecule has 8 heteroatoms. The molecule has 1 aliphatic heterocycles. The number of ether oxygens (including phenoxy) is 1. The minimum absolute atomic E-state index is 0.117. The van der Waals surface area contributed by atoms with E-state index < -0.39 is 11.6 Å². The number of nitrogens with zero attached hydrogens (tertiary/aromatic N) is 5. The fraction of sp³-hybridized carbons (Fsp3) is 0.164. The van der Waals surface area contributed by atoms with Crippen LogP contribution in [-0.2, 0) is 0 Å². The molecule has 1 aliphatic rings. The lowest BCUT2D eigenvalue weighted by Crippen LogP contribution is -2.26. The summed E-state index contributed by atoms with van der Waals surface area (Å²) >= 11 is 0. The lowest BCUT2D eigenvalue weighted by atomic mass is 9.87. The van der Waals surface area contributed by atoms with E-state index >= 15 is 0 Å². The number of hydrogen-bond acceptors (Lipinski definition) is 5. The van der Waals surface area contributed by atoms with E-state index in [2.05, 4.69) is 152 Å². The fourth-order valence-corrected chi connectivity index (χ4v) is 9.37. The lowest BCUT2D eigenvalue weighted by molar-refractivity contribution is 0.483. The van der Waals surface area contributed by atoms with Crippen LogP contribution in [0.2, 0.25) is 0 Å². The molecule has 63 heavy (non-hydrogen) atoms. The van der Waals surface area contributed by atoms with Crippen molar-refractivity contribution in [1.29, 1.82) is 0 Å². The number of aryl methyl sites for hydroxylation is 2. The van der Waals surface area contributed by atoms with Gasteiger partial charge in [-0.1, -0.05) is 64.1 Å². The van der Waals surface area contributed by atoms with E-state index in [4.69, 9.17) is 9.72 Å². The Labute approximate surface area is 366 Å². The van der Waals surface area contributed by atoms with E-state index in [0.717, 1.165) is 95.4 Å². The summed E-state index contributed by atoms with van der Waals surface area (Å²) < 4.78 is 38.3.